The van der Waals surface area contributed by atoms with E-state index in [-0.39, 0.29) is 23.8 Å². The third kappa shape index (κ3) is 5.01. The summed E-state index contributed by atoms with van der Waals surface area (Å²) in [5, 5.41) is 6.23. The van der Waals surface area contributed by atoms with Crippen molar-refractivity contribution in [3.63, 3.8) is 0 Å². The Labute approximate surface area is 177 Å². The zero-order valence-corrected chi connectivity index (χ0v) is 16.9. The molecule has 0 aliphatic carbocycles. The van der Waals surface area contributed by atoms with Gasteiger partial charge in [0.1, 0.15) is 0 Å². The van der Waals surface area contributed by atoms with E-state index >= 15 is 0 Å². The van der Waals surface area contributed by atoms with Crippen LogP contribution in [0.1, 0.15) is 16.1 Å². The number of hydrogen-bond acceptors (Lipinski definition) is 5. The predicted octanol–water partition coefficient (Wildman–Crippen LogP) is 3.57. The smallest absolute Gasteiger partial charge is 0.273 e. The van der Waals surface area contributed by atoms with E-state index in [1.165, 1.54) is 13.2 Å². The van der Waals surface area contributed by atoms with E-state index in [1.807, 2.05) is 0 Å². The van der Waals surface area contributed by atoms with Crippen LogP contribution in [0, 0.1) is 0 Å². The third-order valence-corrected chi connectivity index (χ3v) is 4.64. The number of halogens is 2. The SMILES string of the molecule is CNC(=O)c1nc(-c2cccc(NC(=O)Cc3ccc(Cl)cc3Cl)c2)cnc1N. The summed E-state index contributed by atoms with van der Waals surface area (Å²) in [5.41, 5.74) is 8.13. The van der Waals surface area contributed by atoms with Gasteiger partial charge >= 0.3 is 0 Å². The van der Waals surface area contributed by atoms with Gasteiger partial charge in [-0.3, -0.25) is 9.59 Å². The molecule has 0 radical (unpaired) electrons. The maximum absolute atomic E-state index is 12.4. The molecule has 0 saturated heterocycles. The highest BCUT2D eigenvalue weighted by Gasteiger charge is 2.14. The van der Waals surface area contributed by atoms with E-state index in [2.05, 4.69) is 20.6 Å². The molecule has 7 nitrogen and oxygen atoms in total. The molecule has 148 valence electrons. The number of nitrogens with two attached hydrogens (primary N) is 1. The second-order valence-electron chi connectivity index (χ2n) is 6.11. The molecule has 0 aliphatic heterocycles. The molecule has 29 heavy (non-hydrogen) atoms. The van der Waals surface area contributed by atoms with Gasteiger partial charge in [-0.1, -0.05) is 41.4 Å². The Kier molecular flexibility index (Phi) is 6.31. The standard InChI is InChI=1S/C20H17Cl2N5O2/c1-24-20(29)18-19(23)25-10-16(27-18)12-3-2-4-14(7-12)26-17(28)8-11-5-6-13(21)9-15(11)22/h2-7,9-10H,8H2,1H3,(H2,23,25)(H,24,29)(H,26,28). The van der Waals surface area contributed by atoms with E-state index in [1.54, 1.807) is 42.5 Å². The number of benzene rings is 2. The van der Waals surface area contributed by atoms with Crippen molar-refractivity contribution in [1.29, 1.82) is 0 Å². The first-order valence-electron chi connectivity index (χ1n) is 8.56. The van der Waals surface area contributed by atoms with E-state index in [4.69, 9.17) is 28.9 Å². The van der Waals surface area contributed by atoms with Crippen molar-refractivity contribution in [3.05, 3.63) is 70.0 Å². The lowest BCUT2D eigenvalue weighted by atomic mass is 10.1. The summed E-state index contributed by atoms with van der Waals surface area (Å²) in [6, 6.07) is 12.0. The molecule has 3 rings (SSSR count). The second kappa shape index (κ2) is 8.89. The Morgan fingerprint density at radius 3 is 2.66 bits per heavy atom. The van der Waals surface area contributed by atoms with Crippen LogP contribution in [-0.4, -0.2) is 28.8 Å². The Bertz CT molecular complexity index is 1090. The number of anilines is 2. The Hall–Kier alpha value is -3.16. The average molecular weight is 430 g/mol. The van der Waals surface area contributed by atoms with E-state index in [0.717, 1.165) is 0 Å². The van der Waals surface area contributed by atoms with Crippen molar-refractivity contribution in [2.24, 2.45) is 0 Å². The quantitative estimate of drug-likeness (QED) is 0.573. The van der Waals surface area contributed by atoms with Crippen LogP contribution in [0.15, 0.2) is 48.7 Å². The number of carbonyl (C=O) groups is 2. The monoisotopic (exact) mass is 429 g/mol. The van der Waals surface area contributed by atoms with Crippen molar-refractivity contribution in [2.75, 3.05) is 18.1 Å². The number of carbonyl (C=O) groups excluding carboxylic acids is 2. The molecule has 0 saturated carbocycles. The molecule has 2 aromatic carbocycles. The highest BCUT2D eigenvalue weighted by atomic mass is 35.5. The van der Waals surface area contributed by atoms with Gasteiger partial charge in [0.2, 0.25) is 5.91 Å². The molecule has 0 fully saturated rings. The number of nitrogen functional groups attached to an aromatic ring is 1. The van der Waals surface area contributed by atoms with Crippen LogP contribution in [0.2, 0.25) is 10.0 Å². The van der Waals surface area contributed by atoms with Gasteiger partial charge in [0, 0.05) is 28.3 Å². The summed E-state index contributed by atoms with van der Waals surface area (Å²) < 4.78 is 0. The highest BCUT2D eigenvalue weighted by molar-refractivity contribution is 6.35. The average Bonchev–Trinajstić information content (AvgIpc) is 2.70. The second-order valence-corrected chi connectivity index (χ2v) is 6.95. The van der Waals surface area contributed by atoms with E-state index in [9.17, 15) is 9.59 Å². The minimum atomic E-state index is -0.429. The third-order valence-electron chi connectivity index (χ3n) is 4.05. The molecular weight excluding hydrogens is 413 g/mol. The fourth-order valence-corrected chi connectivity index (χ4v) is 3.10. The maximum atomic E-state index is 12.4. The van der Waals surface area contributed by atoms with E-state index < -0.39 is 5.91 Å². The van der Waals surface area contributed by atoms with Crippen molar-refractivity contribution in [1.82, 2.24) is 15.3 Å². The number of rotatable bonds is 5. The Morgan fingerprint density at radius 1 is 1.14 bits per heavy atom. The molecule has 9 heteroatoms. The molecule has 0 aliphatic rings. The van der Waals surface area contributed by atoms with Gasteiger partial charge in [-0.2, -0.15) is 0 Å². The normalized spacial score (nSPS) is 10.4. The highest BCUT2D eigenvalue weighted by Crippen LogP contribution is 2.24. The van der Waals surface area contributed by atoms with Crippen LogP contribution in [0.5, 0.6) is 0 Å². The molecule has 4 N–H and O–H groups in total. The molecule has 3 aromatic rings. The first kappa shape index (κ1) is 20.6. The zero-order valence-electron chi connectivity index (χ0n) is 15.4. The van der Waals surface area contributed by atoms with Crippen molar-refractivity contribution < 1.29 is 9.59 Å². The number of aromatic nitrogens is 2. The summed E-state index contributed by atoms with van der Waals surface area (Å²) in [4.78, 5) is 32.6. The lowest BCUT2D eigenvalue weighted by molar-refractivity contribution is -0.115. The van der Waals surface area contributed by atoms with Crippen LogP contribution < -0.4 is 16.4 Å². The van der Waals surface area contributed by atoms with Crippen LogP contribution in [-0.2, 0) is 11.2 Å². The first-order chi connectivity index (χ1) is 13.9. The summed E-state index contributed by atoms with van der Waals surface area (Å²) >= 11 is 12.0. The minimum Gasteiger partial charge on any atom is -0.382 e. The summed E-state index contributed by atoms with van der Waals surface area (Å²) in [7, 11) is 1.49. The number of nitrogens with one attached hydrogen (secondary N) is 2. The molecule has 1 heterocycles. The topological polar surface area (TPSA) is 110 Å². The van der Waals surface area contributed by atoms with Crippen LogP contribution in [0.3, 0.4) is 0 Å². The Balaban J connectivity index is 1.79. The van der Waals surface area contributed by atoms with Crippen molar-refractivity contribution in [3.8, 4) is 11.3 Å². The summed E-state index contributed by atoms with van der Waals surface area (Å²) in [5.74, 6) is -0.626. The molecule has 0 spiro atoms. The number of hydrogen-bond donors (Lipinski definition) is 3. The van der Waals surface area contributed by atoms with Gasteiger partial charge < -0.3 is 16.4 Å². The van der Waals surface area contributed by atoms with Gasteiger partial charge in [-0.25, -0.2) is 9.97 Å². The predicted molar refractivity (Wildman–Crippen MR) is 114 cm³/mol. The van der Waals surface area contributed by atoms with E-state index in [0.29, 0.717) is 32.6 Å². The zero-order chi connectivity index (χ0) is 21.0. The maximum Gasteiger partial charge on any atom is 0.273 e. The number of amides is 2. The fraction of sp³-hybridized carbons (Fsp3) is 0.100. The first-order valence-corrected chi connectivity index (χ1v) is 9.32. The molecule has 2 amide bonds. The molecule has 1 aromatic heterocycles. The van der Waals surface area contributed by atoms with Crippen molar-refractivity contribution >= 4 is 46.5 Å². The lowest BCUT2D eigenvalue weighted by Crippen LogP contribution is -2.21. The largest absolute Gasteiger partial charge is 0.382 e. The summed E-state index contributed by atoms with van der Waals surface area (Å²) in [6.07, 6.45) is 1.57. The summed E-state index contributed by atoms with van der Waals surface area (Å²) in [6.45, 7) is 0. The molecule has 0 bridgehead atoms. The molecule has 0 atom stereocenters. The minimum absolute atomic E-state index is 0.0387. The van der Waals surface area contributed by atoms with Gasteiger partial charge in [-0.05, 0) is 29.8 Å². The van der Waals surface area contributed by atoms with Gasteiger partial charge in [0.15, 0.2) is 11.5 Å². The van der Waals surface area contributed by atoms with Gasteiger partial charge in [0.05, 0.1) is 18.3 Å². The van der Waals surface area contributed by atoms with Gasteiger partial charge in [0.25, 0.3) is 5.91 Å². The van der Waals surface area contributed by atoms with Crippen LogP contribution in [0.4, 0.5) is 11.5 Å². The molecular formula is C20H17Cl2N5O2. The fourth-order valence-electron chi connectivity index (χ4n) is 2.62. The van der Waals surface area contributed by atoms with Crippen LogP contribution in [0.25, 0.3) is 11.3 Å². The Morgan fingerprint density at radius 2 is 1.93 bits per heavy atom. The molecule has 0 unspecified atom stereocenters. The van der Waals surface area contributed by atoms with Crippen molar-refractivity contribution in [2.45, 2.75) is 6.42 Å². The van der Waals surface area contributed by atoms with Crippen LogP contribution >= 0.6 is 23.2 Å². The number of nitrogens with zero attached hydrogens (tertiary/aromatic N) is 2. The van der Waals surface area contributed by atoms with Gasteiger partial charge in [-0.15, -0.1) is 0 Å². The lowest BCUT2D eigenvalue weighted by Gasteiger charge is -2.10.